The van der Waals surface area contributed by atoms with Gasteiger partial charge in [-0.25, -0.2) is 4.98 Å². The average Bonchev–Trinajstić information content (AvgIpc) is 2.88. The van der Waals surface area contributed by atoms with Crippen LogP contribution in [0, 0.1) is 5.92 Å². The van der Waals surface area contributed by atoms with E-state index in [0.29, 0.717) is 6.04 Å². The Morgan fingerprint density at radius 3 is 2.55 bits per heavy atom. The van der Waals surface area contributed by atoms with Crippen LogP contribution >= 0.6 is 11.3 Å². The number of hydrogen-bond donors (Lipinski definition) is 1. The number of anilines is 1. The van der Waals surface area contributed by atoms with Crippen LogP contribution in [0.1, 0.15) is 58.5 Å². The van der Waals surface area contributed by atoms with E-state index in [0.717, 1.165) is 25.4 Å². The highest BCUT2D eigenvalue weighted by Crippen LogP contribution is 2.34. The van der Waals surface area contributed by atoms with Crippen LogP contribution in [0.15, 0.2) is 0 Å². The van der Waals surface area contributed by atoms with Crippen molar-refractivity contribution >= 4 is 16.5 Å². The van der Waals surface area contributed by atoms with Gasteiger partial charge in [-0.05, 0) is 46.5 Å². The molecule has 2 unspecified atom stereocenters. The molecular weight excluding hydrogens is 266 g/mol. The number of rotatable bonds is 4. The van der Waals surface area contributed by atoms with Gasteiger partial charge in [0.2, 0.25) is 0 Å². The Morgan fingerprint density at radius 1 is 1.35 bits per heavy atom. The van der Waals surface area contributed by atoms with Crippen LogP contribution in [0.25, 0.3) is 0 Å². The highest BCUT2D eigenvalue weighted by Gasteiger charge is 2.29. The summed E-state index contributed by atoms with van der Waals surface area (Å²) in [4.78, 5) is 8.80. The predicted molar refractivity (Wildman–Crippen MR) is 88.7 cm³/mol. The van der Waals surface area contributed by atoms with E-state index in [2.05, 4.69) is 51.8 Å². The van der Waals surface area contributed by atoms with Gasteiger partial charge in [0, 0.05) is 29.5 Å². The van der Waals surface area contributed by atoms with E-state index < -0.39 is 0 Å². The molecule has 4 heteroatoms. The maximum Gasteiger partial charge on any atom is 0.186 e. The number of aromatic nitrogens is 1. The van der Waals surface area contributed by atoms with Crippen LogP contribution < -0.4 is 10.2 Å². The third-order valence-electron chi connectivity index (χ3n) is 3.91. The lowest BCUT2D eigenvalue weighted by Crippen LogP contribution is -2.35. The summed E-state index contributed by atoms with van der Waals surface area (Å²) in [6, 6.07) is 0.629. The number of hydrogen-bond acceptors (Lipinski definition) is 4. The third kappa shape index (κ3) is 3.73. The third-order valence-corrected chi connectivity index (χ3v) is 5.05. The molecule has 1 aliphatic heterocycles. The van der Waals surface area contributed by atoms with Gasteiger partial charge >= 0.3 is 0 Å². The second-order valence-corrected chi connectivity index (χ2v) is 8.23. The summed E-state index contributed by atoms with van der Waals surface area (Å²) in [5.74, 6) is 0.787. The Balaban J connectivity index is 2.14. The Bertz CT molecular complexity index is 447. The first kappa shape index (κ1) is 15.8. The van der Waals surface area contributed by atoms with Crippen LogP contribution in [-0.4, -0.2) is 23.1 Å². The molecule has 0 saturated carbocycles. The predicted octanol–water partition coefficient (Wildman–Crippen LogP) is 3.83. The molecule has 20 heavy (non-hydrogen) atoms. The molecule has 0 aromatic carbocycles. The van der Waals surface area contributed by atoms with Gasteiger partial charge in [-0.15, -0.1) is 11.3 Å². The maximum absolute atomic E-state index is 4.90. The minimum atomic E-state index is 0.157. The fourth-order valence-corrected chi connectivity index (χ4v) is 4.02. The Labute approximate surface area is 127 Å². The minimum Gasteiger partial charge on any atom is -0.345 e. The lowest BCUT2D eigenvalue weighted by molar-refractivity contribution is 0.425. The molecule has 0 amide bonds. The van der Waals surface area contributed by atoms with Gasteiger partial charge in [-0.2, -0.15) is 0 Å². The molecule has 1 aromatic rings. The van der Waals surface area contributed by atoms with Crippen molar-refractivity contribution in [3.63, 3.8) is 0 Å². The Morgan fingerprint density at radius 2 is 2.05 bits per heavy atom. The molecule has 0 spiro atoms. The summed E-state index contributed by atoms with van der Waals surface area (Å²) < 4.78 is 0. The quantitative estimate of drug-likeness (QED) is 0.915. The molecule has 1 aromatic heterocycles. The van der Waals surface area contributed by atoms with Crippen molar-refractivity contribution in [2.75, 3.05) is 11.4 Å². The van der Waals surface area contributed by atoms with E-state index in [9.17, 15) is 0 Å². The Kier molecular flexibility index (Phi) is 4.75. The lowest BCUT2D eigenvalue weighted by Gasteiger charge is -2.20. The van der Waals surface area contributed by atoms with Crippen molar-refractivity contribution in [3.05, 3.63) is 10.6 Å². The van der Waals surface area contributed by atoms with E-state index in [1.165, 1.54) is 22.1 Å². The summed E-state index contributed by atoms with van der Waals surface area (Å²) in [7, 11) is 0. The largest absolute Gasteiger partial charge is 0.345 e. The average molecular weight is 295 g/mol. The van der Waals surface area contributed by atoms with E-state index >= 15 is 0 Å². The van der Waals surface area contributed by atoms with E-state index in [1.807, 2.05) is 11.3 Å². The highest BCUT2D eigenvalue weighted by molar-refractivity contribution is 7.15. The SMILES string of the molecule is CCc1nc(N2CC(C)CC2C)sc1CNC(C)(C)C. The van der Waals surface area contributed by atoms with Gasteiger partial charge < -0.3 is 10.2 Å². The van der Waals surface area contributed by atoms with Crippen LogP contribution in [-0.2, 0) is 13.0 Å². The molecule has 2 heterocycles. The van der Waals surface area contributed by atoms with Crippen LogP contribution in [0.4, 0.5) is 5.13 Å². The molecule has 114 valence electrons. The second-order valence-electron chi connectivity index (χ2n) is 7.17. The Hall–Kier alpha value is -0.610. The molecule has 1 fully saturated rings. The van der Waals surface area contributed by atoms with Crippen molar-refractivity contribution < 1.29 is 0 Å². The molecule has 1 saturated heterocycles. The van der Waals surface area contributed by atoms with Crippen LogP contribution in [0.3, 0.4) is 0 Å². The summed E-state index contributed by atoms with van der Waals surface area (Å²) in [6.45, 7) is 15.6. The highest BCUT2D eigenvalue weighted by atomic mass is 32.1. The lowest BCUT2D eigenvalue weighted by atomic mass is 10.1. The van der Waals surface area contributed by atoms with Gasteiger partial charge in [0.1, 0.15) is 0 Å². The monoisotopic (exact) mass is 295 g/mol. The second kappa shape index (κ2) is 6.02. The van der Waals surface area contributed by atoms with Crippen LogP contribution in [0.5, 0.6) is 0 Å². The van der Waals surface area contributed by atoms with Crippen molar-refractivity contribution in [3.8, 4) is 0 Å². The van der Waals surface area contributed by atoms with Crippen LogP contribution in [0.2, 0.25) is 0 Å². The molecule has 0 aliphatic carbocycles. The van der Waals surface area contributed by atoms with Gasteiger partial charge in [-0.1, -0.05) is 13.8 Å². The zero-order valence-corrected chi connectivity index (χ0v) is 14.6. The zero-order chi connectivity index (χ0) is 14.9. The number of thiazole rings is 1. The van der Waals surface area contributed by atoms with Gasteiger partial charge in [0.05, 0.1) is 5.69 Å². The summed E-state index contributed by atoms with van der Waals surface area (Å²) in [5, 5.41) is 4.81. The molecular formula is C16H29N3S. The first-order valence-corrected chi connectivity index (χ1v) is 8.62. The van der Waals surface area contributed by atoms with Gasteiger partial charge in [0.25, 0.3) is 0 Å². The number of aryl methyl sites for hydroxylation is 1. The zero-order valence-electron chi connectivity index (χ0n) is 13.8. The molecule has 2 rings (SSSR count). The van der Waals surface area contributed by atoms with E-state index in [-0.39, 0.29) is 5.54 Å². The molecule has 0 radical (unpaired) electrons. The van der Waals surface area contributed by atoms with Crippen molar-refractivity contribution in [2.24, 2.45) is 5.92 Å². The van der Waals surface area contributed by atoms with Gasteiger partial charge in [-0.3, -0.25) is 0 Å². The van der Waals surface area contributed by atoms with Crippen molar-refractivity contribution in [1.82, 2.24) is 10.3 Å². The summed E-state index contributed by atoms with van der Waals surface area (Å²) in [6.07, 6.45) is 2.31. The minimum absolute atomic E-state index is 0.157. The molecule has 3 nitrogen and oxygen atoms in total. The topological polar surface area (TPSA) is 28.2 Å². The summed E-state index contributed by atoms with van der Waals surface area (Å²) >= 11 is 1.88. The number of nitrogens with zero attached hydrogens (tertiary/aromatic N) is 2. The normalized spacial score (nSPS) is 23.6. The fraction of sp³-hybridized carbons (Fsp3) is 0.812. The number of nitrogens with one attached hydrogen (secondary N) is 1. The molecule has 0 bridgehead atoms. The molecule has 1 N–H and O–H groups in total. The standard InChI is InChI=1S/C16H29N3S/c1-7-13-14(9-17-16(4,5)6)20-15(18-13)19-10-11(2)8-12(19)3/h11-12,17H,7-10H2,1-6H3. The maximum atomic E-state index is 4.90. The fourth-order valence-electron chi connectivity index (χ4n) is 2.82. The first-order chi connectivity index (χ1) is 9.30. The molecule has 1 aliphatic rings. The smallest absolute Gasteiger partial charge is 0.186 e. The summed E-state index contributed by atoms with van der Waals surface area (Å²) in [5.41, 5.74) is 1.43. The van der Waals surface area contributed by atoms with E-state index in [4.69, 9.17) is 4.98 Å². The molecule has 2 atom stereocenters. The van der Waals surface area contributed by atoms with E-state index in [1.54, 1.807) is 0 Å². The first-order valence-electron chi connectivity index (χ1n) is 7.80. The van der Waals surface area contributed by atoms with Crippen molar-refractivity contribution in [2.45, 2.75) is 72.5 Å². The van der Waals surface area contributed by atoms with Crippen molar-refractivity contribution in [1.29, 1.82) is 0 Å². The van der Waals surface area contributed by atoms with Gasteiger partial charge in [0.15, 0.2) is 5.13 Å².